The lowest BCUT2D eigenvalue weighted by Gasteiger charge is -2.24. The minimum atomic E-state index is -1.34. The zero-order chi connectivity index (χ0) is 14.2. The number of hydrogen-bond acceptors (Lipinski definition) is 3. The number of carbonyl (C=O) groups excluding carboxylic acids is 1. The third-order valence-corrected chi connectivity index (χ3v) is 3.56. The molecule has 0 saturated heterocycles. The van der Waals surface area contributed by atoms with E-state index in [4.69, 9.17) is 4.74 Å². The average Bonchev–Trinajstić information content (AvgIpc) is 2.72. The van der Waals surface area contributed by atoms with Crippen LogP contribution in [0.5, 0.6) is 5.75 Å². The summed E-state index contributed by atoms with van der Waals surface area (Å²) in [5.74, 6) is 0.521. The topological polar surface area (TPSA) is 58.6 Å². The first kappa shape index (κ1) is 12.7. The van der Waals surface area contributed by atoms with E-state index in [0.29, 0.717) is 17.5 Å². The molecule has 0 aliphatic carbocycles. The highest BCUT2D eigenvalue weighted by Gasteiger charge is 2.40. The number of fused-ring (bicyclic) bond motifs is 1. The number of carbonyl (C=O) groups is 1. The molecule has 4 nitrogen and oxygen atoms in total. The van der Waals surface area contributed by atoms with Gasteiger partial charge in [0, 0.05) is 17.5 Å². The number of aliphatic hydroxyl groups is 1. The van der Waals surface area contributed by atoms with Gasteiger partial charge in [0.2, 0.25) is 0 Å². The molecule has 2 aromatic carbocycles. The van der Waals surface area contributed by atoms with Crippen molar-refractivity contribution in [2.45, 2.75) is 12.1 Å². The summed E-state index contributed by atoms with van der Waals surface area (Å²) < 4.78 is 5.11. The second-order valence-electron chi connectivity index (χ2n) is 4.88. The fourth-order valence-electron chi connectivity index (χ4n) is 2.54. The van der Waals surface area contributed by atoms with Crippen molar-refractivity contribution < 1.29 is 14.6 Å². The van der Waals surface area contributed by atoms with Crippen LogP contribution in [0.3, 0.4) is 0 Å². The molecule has 1 unspecified atom stereocenters. The molecule has 102 valence electrons. The standard InChI is InChI=1S/C16H15NO3/c1-20-12-8-6-11(7-9-12)10-16(19)14-5-3-2-4-13(14)15(18)17-16/h2-9,19H,10H2,1H3,(H,17,18). The normalized spacial score (nSPS) is 20.4. The lowest BCUT2D eigenvalue weighted by molar-refractivity contribution is 0.0134. The van der Waals surface area contributed by atoms with Gasteiger partial charge in [-0.15, -0.1) is 0 Å². The molecular formula is C16H15NO3. The summed E-state index contributed by atoms with van der Waals surface area (Å²) in [5.41, 5.74) is 0.733. The van der Waals surface area contributed by atoms with Gasteiger partial charge >= 0.3 is 0 Å². The third kappa shape index (κ3) is 2.04. The van der Waals surface area contributed by atoms with Crippen molar-refractivity contribution in [1.29, 1.82) is 0 Å². The molecular weight excluding hydrogens is 254 g/mol. The van der Waals surface area contributed by atoms with Crippen molar-refractivity contribution in [2.75, 3.05) is 7.11 Å². The molecule has 0 aromatic heterocycles. The molecule has 2 aromatic rings. The Morgan fingerprint density at radius 1 is 1.15 bits per heavy atom. The van der Waals surface area contributed by atoms with Crippen LogP contribution in [0.1, 0.15) is 21.5 Å². The van der Waals surface area contributed by atoms with E-state index in [1.807, 2.05) is 30.3 Å². The minimum absolute atomic E-state index is 0.239. The van der Waals surface area contributed by atoms with Crippen molar-refractivity contribution >= 4 is 5.91 Å². The van der Waals surface area contributed by atoms with E-state index >= 15 is 0 Å². The van der Waals surface area contributed by atoms with Crippen molar-refractivity contribution in [3.05, 3.63) is 65.2 Å². The van der Waals surface area contributed by atoms with E-state index in [9.17, 15) is 9.90 Å². The van der Waals surface area contributed by atoms with Gasteiger partial charge in [-0.05, 0) is 23.8 Å². The molecule has 0 radical (unpaired) electrons. The third-order valence-electron chi connectivity index (χ3n) is 3.56. The Morgan fingerprint density at radius 3 is 2.55 bits per heavy atom. The van der Waals surface area contributed by atoms with Crippen LogP contribution in [0.4, 0.5) is 0 Å². The van der Waals surface area contributed by atoms with Crippen molar-refractivity contribution in [3.63, 3.8) is 0 Å². The number of benzene rings is 2. The summed E-state index contributed by atoms with van der Waals surface area (Å²) in [6.07, 6.45) is 0.319. The van der Waals surface area contributed by atoms with Crippen LogP contribution in [-0.2, 0) is 12.1 Å². The summed E-state index contributed by atoms with van der Waals surface area (Å²) in [5, 5.41) is 13.4. The Kier molecular flexibility index (Phi) is 2.95. The first-order valence-electron chi connectivity index (χ1n) is 6.40. The number of hydrogen-bond donors (Lipinski definition) is 2. The van der Waals surface area contributed by atoms with Gasteiger partial charge in [0.25, 0.3) is 5.91 Å². The molecule has 20 heavy (non-hydrogen) atoms. The van der Waals surface area contributed by atoms with E-state index < -0.39 is 5.72 Å². The second-order valence-corrected chi connectivity index (χ2v) is 4.88. The van der Waals surface area contributed by atoms with Gasteiger partial charge in [0.1, 0.15) is 5.75 Å². The number of nitrogens with one attached hydrogen (secondary N) is 1. The molecule has 3 rings (SSSR count). The molecule has 0 bridgehead atoms. The van der Waals surface area contributed by atoms with Gasteiger partial charge in [0.15, 0.2) is 5.72 Å². The number of amides is 1. The Hall–Kier alpha value is -2.33. The second kappa shape index (κ2) is 4.65. The van der Waals surface area contributed by atoms with Crippen LogP contribution >= 0.6 is 0 Å². The zero-order valence-electron chi connectivity index (χ0n) is 11.1. The van der Waals surface area contributed by atoms with Gasteiger partial charge < -0.3 is 15.2 Å². The Balaban J connectivity index is 1.92. The van der Waals surface area contributed by atoms with Crippen LogP contribution < -0.4 is 10.1 Å². The monoisotopic (exact) mass is 269 g/mol. The quantitative estimate of drug-likeness (QED) is 0.893. The highest BCUT2D eigenvalue weighted by atomic mass is 16.5. The fraction of sp³-hybridized carbons (Fsp3) is 0.188. The summed E-state index contributed by atoms with van der Waals surface area (Å²) in [4.78, 5) is 11.9. The van der Waals surface area contributed by atoms with E-state index in [0.717, 1.165) is 11.3 Å². The molecule has 1 heterocycles. The van der Waals surface area contributed by atoms with E-state index in [1.165, 1.54) is 0 Å². The first-order chi connectivity index (χ1) is 9.62. The summed E-state index contributed by atoms with van der Waals surface area (Å²) in [6.45, 7) is 0. The largest absolute Gasteiger partial charge is 0.497 e. The van der Waals surface area contributed by atoms with Crippen molar-refractivity contribution in [3.8, 4) is 5.75 Å². The summed E-state index contributed by atoms with van der Waals surface area (Å²) >= 11 is 0. The maximum absolute atomic E-state index is 11.9. The lowest BCUT2D eigenvalue weighted by atomic mass is 9.95. The highest BCUT2D eigenvalue weighted by Crippen LogP contribution is 2.32. The maximum Gasteiger partial charge on any atom is 0.254 e. The molecule has 1 amide bonds. The molecule has 0 saturated carbocycles. The average molecular weight is 269 g/mol. The first-order valence-corrected chi connectivity index (χ1v) is 6.40. The highest BCUT2D eigenvalue weighted by molar-refractivity contribution is 5.99. The van der Waals surface area contributed by atoms with Gasteiger partial charge in [-0.25, -0.2) is 0 Å². The molecule has 0 spiro atoms. The molecule has 4 heteroatoms. The van der Waals surface area contributed by atoms with Gasteiger partial charge in [0.05, 0.1) is 7.11 Å². The predicted octanol–water partition coefficient (Wildman–Crippen LogP) is 1.83. The van der Waals surface area contributed by atoms with Gasteiger partial charge in [-0.2, -0.15) is 0 Å². The van der Waals surface area contributed by atoms with E-state index in [2.05, 4.69) is 5.32 Å². The predicted molar refractivity (Wildman–Crippen MR) is 74.5 cm³/mol. The van der Waals surface area contributed by atoms with E-state index in [-0.39, 0.29) is 5.91 Å². The number of methoxy groups -OCH3 is 1. The Morgan fingerprint density at radius 2 is 1.85 bits per heavy atom. The molecule has 0 fully saturated rings. The SMILES string of the molecule is COc1ccc(CC2(O)NC(=O)c3ccccc32)cc1. The summed E-state index contributed by atoms with van der Waals surface area (Å²) in [7, 11) is 1.61. The molecule has 1 atom stereocenters. The minimum Gasteiger partial charge on any atom is -0.497 e. The fourth-order valence-corrected chi connectivity index (χ4v) is 2.54. The molecule has 1 aliphatic rings. The van der Waals surface area contributed by atoms with Crippen LogP contribution in [0.15, 0.2) is 48.5 Å². The van der Waals surface area contributed by atoms with Crippen LogP contribution in [0, 0.1) is 0 Å². The zero-order valence-corrected chi connectivity index (χ0v) is 11.1. The maximum atomic E-state index is 11.9. The Bertz CT molecular complexity index is 651. The Labute approximate surface area is 117 Å². The van der Waals surface area contributed by atoms with Crippen molar-refractivity contribution in [2.24, 2.45) is 0 Å². The lowest BCUT2D eigenvalue weighted by Crippen LogP contribution is -2.41. The molecule has 2 N–H and O–H groups in total. The number of ether oxygens (including phenoxy) is 1. The van der Waals surface area contributed by atoms with Gasteiger partial charge in [-0.1, -0.05) is 30.3 Å². The van der Waals surface area contributed by atoms with Crippen LogP contribution in [-0.4, -0.2) is 18.1 Å². The van der Waals surface area contributed by atoms with Crippen molar-refractivity contribution in [1.82, 2.24) is 5.32 Å². The van der Waals surface area contributed by atoms with Gasteiger partial charge in [-0.3, -0.25) is 4.79 Å². The smallest absolute Gasteiger partial charge is 0.254 e. The van der Waals surface area contributed by atoms with E-state index in [1.54, 1.807) is 25.3 Å². The molecule has 1 aliphatic heterocycles. The number of rotatable bonds is 3. The summed E-state index contributed by atoms with van der Waals surface area (Å²) in [6, 6.07) is 14.5. The van der Waals surface area contributed by atoms with Crippen LogP contribution in [0.25, 0.3) is 0 Å². The van der Waals surface area contributed by atoms with Crippen LogP contribution in [0.2, 0.25) is 0 Å².